The lowest BCUT2D eigenvalue weighted by Gasteiger charge is -2.26. The Labute approximate surface area is 174 Å². The summed E-state index contributed by atoms with van der Waals surface area (Å²) in [4.78, 5) is 25.4. The van der Waals surface area contributed by atoms with Gasteiger partial charge >= 0.3 is 0 Å². The average molecular weight is 424 g/mol. The molecule has 0 saturated carbocycles. The minimum Gasteiger partial charge on any atom is -0.324 e. The van der Waals surface area contributed by atoms with Gasteiger partial charge in [0.2, 0.25) is 11.8 Å². The van der Waals surface area contributed by atoms with Crippen LogP contribution in [0.3, 0.4) is 0 Å². The van der Waals surface area contributed by atoms with Gasteiger partial charge in [-0.25, -0.2) is 8.78 Å². The van der Waals surface area contributed by atoms with Crippen molar-refractivity contribution in [2.24, 2.45) is 5.41 Å². The van der Waals surface area contributed by atoms with Gasteiger partial charge in [0.05, 0.1) is 16.8 Å². The molecule has 0 aromatic heterocycles. The van der Waals surface area contributed by atoms with Crippen LogP contribution in [0.1, 0.15) is 24.0 Å². The van der Waals surface area contributed by atoms with Crippen LogP contribution in [0.25, 0.3) is 0 Å². The number of nitrogens with one attached hydrogen (secondary N) is 3. The Bertz CT molecular complexity index is 915. The zero-order valence-electron chi connectivity index (χ0n) is 16.3. The highest BCUT2D eigenvalue weighted by molar-refractivity contribution is 6.01. The molecule has 2 amide bonds. The van der Waals surface area contributed by atoms with Gasteiger partial charge in [0.25, 0.3) is 0 Å². The third kappa shape index (κ3) is 5.31. The van der Waals surface area contributed by atoms with Crippen molar-refractivity contribution in [2.75, 3.05) is 23.7 Å². The Kier molecular flexibility index (Phi) is 7.32. The molecule has 3 N–H and O–H groups in total. The Hall–Kier alpha value is -2.51. The van der Waals surface area contributed by atoms with Gasteiger partial charge in [-0.1, -0.05) is 12.1 Å². The maximum Gasteiger partial charge on any atom is 0.232 e. The predicted molar refractivity (Wildman–Crippen MR) is 111 cm³/mol. The van der Waals surface area contributed by atoms with E-state index in [1.165, 1.54) is 24.3 Å². The van der Waals surface area contributed by atoms with Crippen LogP contribution in [0.4, 0.5) is 20.2 Å². The fourth-order valence-corrected chi connectivity index (χ4v) is 3.37. The number of hydrogen-bond acceptors (Lipinski definition) is 3. The van der Waals surface area contributed by atoms with E-state index in [4.69, 9.17) is 0 Å². The van der Waals surface area contributed by atoms with Crippen molar-refractivity contribution in [1.82, 2.24) is 5.32 Å². The summed E-state index contributed by atoms with van der Waals surface area (Å²) in [5, 5.41) is 8.21. The summed E-state index contributed by atoms with van der Waals surface area (Å²) in [5.41, 5.74) is 0.607. The molecule has 1 atom stereocenters. The van der Waals surface area contributed by atoms with Crippen LogP contribution < -0.4 is 16.0 Å². The molecule has 1 heterocycles. The maximum atomic E-state index is 14.1. The van der Waals surface area contributed by atoms with Crippen molar-refractivity contribution in [3.63, 3.8) is 0 Å². The van der Waals surface area contributed by atoms with Gasteiger partial charge in [-0.05, 0) is 62.2 Å². The van der Waals surface area contributed by atoms with Crippen LogP contribution in [-0.4, -0.2) is 24.9 Å². The van der Waals surface area contributed by atoms with Crippen LogP contribution in [0, 0.1) is 30.9 Å². The monoisotopic (exact) mass is 423 g/mol. The number of hydrogen-bond donors (Lipinski definition) is 3. The van der Waals surface area contributed by atoms with Crippen LogP contribution in [0.15, 0.2) is 36.4 Å². The molecule has 1 aliphatic heterocycles. The Morgan fingerprint density at radius 1 is 1.00 bits per heavy atom. The third-order valence-electron chi connectivity index (χ3n) is 5.00. The molecular weight excluding hydrogens is 400 g/mol. The predicted octanol–water partition coefficient (Wildman–Crippen LogP) is 3.95. The minimum atomic E-state index is -1.03. The summed E-state index contributed by atoms with van der Waals surface area (Å²) in [6, 6.07) is 9.05. The van der Waals surface area contributed by atoms with Crippen molar-refractivity contribution >= 4 is 35.6 Å². The molecule has 1 fully saturated rings. The molecule has 0 spiro atoms. The molecular formula is C21H24ClF2N3O2. The molecule has 0 bridgehead atoms. The molecule has 1 unspecified atom stereocenters. The van der Waals surface area contributed by atoms with Crippen LogP contribution >= 0.6 is 12.4 Å². The smallest absolute Gasteiger partial charge is 0.232 e. The minimum absolute atomic E-state index is 0. The number of rotatable bonds is 5. The van der Waals surface area contributed by atoms with Gasteiger partial charge in [-0.3, -0.25) is 9.59 Å². The zero-order valence-corrected chi connectivity index (χ0v) is 17.1. The lowest BCUT2D eigenvalue weighted by atomic mass is 9.82. The van der Waals surface area contributed by atoms with Crippen molar-refractivity contribution < 1.29 is 18.4 Å². The molecule has 2 aromatic rings. The number of aryl methyl sites for hydroxylation is 2. The van der Waals surface area contributed by atoms with Gasteiger partial charge in [0.15, 0.2) is 0 Å². The zero-order chi connectivity index (χ0) is 20.3. The van der Waals surface area contributed by atoms with Gasteiger partial charge in [0, 0.05) is 13.0 Å². The van der Waals surface area contributed by atoms with Crippen LogP contribution in [0.2, 0.25) is 0 Å². The number of carbonyl (C=O) groups excluding carboxylic acids is 2. The van der Waals surface area contributed by atoms with Crippen LogP contribution in [0.5, 0.6) is 0 Å². The standard InChI is InChI=1S/C21H23F2N3O2.ClH/c1-13-3-5-17(15(22)9-13)25-19(27)11-21(7-8-24-12-21)20(28)26-18-6-4-14(2)10-16(18)23;/h3-6,9-10,24H,7-8,11-12H2,1-2H3,(H,25,27)(H,26,28);1H. The van der Waals surface area contributed by atoms with Crippen molar-refractivity contribution in [3.05, 3.63) is 59.2 Å². The summed E-state index contributed by atoms with van der Waals surface area (Å²) in [6.07, 6.45) is 0.294. The fraction of sp³-hybridized carbons (Fsp3) is 0.333. The van der Waals surface area contributed by atoms with Crippen molar-refractivity contribution in [1.29, 1.82) is 0 Å². The van der Waals surface area contributed by atoms with E-state index in [0.29, 0.717) is 13.0 Å². The lowest BCUT2D eigenvalue weighted by Crippen LogP contribution is -2.41. The molecule has 3 rings (SSSR count). The summed E-state index contributed by atoms with van der Waals surface area (Å²) in [5.74, 6) is -1.95. The number of benzene rings is 2. The highest BCUT2D eigenvalue weighted by atomic mass is 35.5. The topological polar surface area (TPSA) is 70.2 Å². The summed E-state index contributed by atoms with van der Waals surface area (Å²) < 4.78 is 28.1. The van der Waals surface area contributed by atoms with Gasteiger partial charge in [-0.2, -0.15) is 0 Å². The van der Waals surface area contributed by atoms with E-state index in [0.717, 1.165) is 11.1 Å². The van der Waals surface area contributed by atoms with E-state index in [1.54, 1.807) is 26.0 Å². The summed E-state index contributed by atoms with van der Waals surface area (Å²) in [7, 11) is 0. The molecule has 1 aliphatic rings. The number of amides is 2. The van der Waals surface area contributed by atoms with E-state index < -0.39 is 28.9 Å². The van der Waals surface area contributed by atoms with E-state index in [9.17, 15) is 18.4 Å². The van der Waals surface area contributed by atoms with E-state index in [-0.39, 0.29) is 36.7 Å². The quantitative estimate of drug-likeness (QED) is 0.682. The van der Waals surface area contributed by atoms with Gasteiger partial charge in [-0.15, -0.1) is 12.4 Å². The maximum absolute atomic E-state index is 14.1. The van der Waals surface area contributed by atoms with E-state index >= 15 is 0 Å². The second-order valence-corrected chi connectivity index (χ2v) is 7.35. The molecule has 156 valence electrons. The largest absolute Gasteiger partial charge is 0.324 e. The molecule has 0 radical (unpaired) electrons. The molecule has 8 heteroatoms. The second-order valence-electron chi connectivity index (χ2n) is 7.35. The van der Waals surface area contributed by atoms with Gasteiger partial charge in [0.1, 0.15) is 11.6 Å². The average Bonchev–Trinajstić information content (AvgIpc) is 3.09. The fourth-order valence-electron chi connectivity index (χ4n) is 3.37. The lowest BCUT2D eigenvalue weighted by molar-refractivity contribution is -0.129. The molecule has 2 aromatic carbocycles. The highest BCUT2D eigenvalue weighted by Gasteiger charge is 2.43. The summed E-state index contributed by atoms with van der Waals surface area (Å²) >= 11 is 0. The summed E-state index contributed by atoms with van der Waals surface area (Å²) in [6.45, 7) is 4.36. The first-order valence-electron chi connectivity index (χ1n) is 9.13. The van der Waals surface area contributed by atoms with Crippen LogP contribution in [-0.2, 0) is 9.59 Å². The van der Waals surface area contributed by atoms with Crippen molar-refractivity contribution in [2.45, 2.75) is 26.7 Å². The third-order valence-corrected chi connectivity index (χ3v) is 5.00. The Morgan fingerprint density at radius 2 is 1.55 bits per heavy atom. The first-order chi connectivity index (χ1) is 13.3. The van der Waals surface area contributed by atoms with Gasteiger partial charge < -0.3 is 16.0 Å². The Balaban J connectivity index is 0.00000300. The SMILES string of the molecule is Cc1ccc(NC(=O)CC2(C(=O)Nc3ccc(C)cc3F)CCNC2)c(F)c1.Cl. The van der Waals surface area contributed by atoms with E-state index in [2.05, 4.69) is 16.0 Å². The van der Waals surface area contributed by atoms with Crippen molar-refractivity contribution in [3.8, 4) is 0 Å². The number of carbonyl (C=O) groups is 2. The first-order valence-corrected chi connectivity index (χ1v) is 9.13. The molecule has 29 heavy (non-hydrogen) atoms. The molecule has 0 aliphatic carbocycles. The second kappa shape index (κ2) is 9.33. The normalized spacial score (nSPS) is 18.1. The van der Waals surface area contributed by atoms with E-state index in [1.807, 2.05) is 0 Å². The Morgan fingerprint density at radius 3 is 2.03 bits per heavy atom. The molecule has 1 saturated heterocycles. The molecule has 5 nitrogen and oxygen atoms in total. The number of halogens is 3. The number of anilines is 2. The first kappa shape index (κ1) is 22.8. The highest BCUT2D eigenvalue weighted by Crippen LogP contribution is 2.32.